The highest BCUT2D eigenvalue weighted by atomic mass is 32.2. The van der Waals surface area contributed by atoms with Crippen molar-refractivity contribution in [2.24, 2.45) is 11.3 Å². The molecule has 0 spiro atoms. The lowest BCUT2D eigenvalue weighted by molar-refractivity contribution is -0.142. The van der Waals surface area contributed by atoms with Crippen molar-refractivity contribution >= 4 is 39.5 Å². The Kier molecular flexibility index (Phi) is 9.92. The van der Waals surface area contributed by atoms with Gasteiger partial charge in [0.05, 0.1) is 11.9 Å². The molecule has 0 radical (unpaired) electrons. The maximum Gasteiger partial charge on any atom is 0.408 e. The van der Waals surface area contributed by atoms with Gasteiger partial charge in [0.1, 0.15) is 29.5 Å². The molecule has 4 amide bonds. The molecule has 1 saturated heterocycles. The molecule has 1 aliphatic heterocycles. The third-order valence-corrected chi connectivity index (χ3v) is 12.1. The van der Waals surface area contributed by atoms with Crippen molar-refractivity contribution < 1.29 is 36.7 Å². The molecule has 2 aromatic carbocycles. The van der Waals surface area contributed by atoms with E-state index in [1.54, 1.807) is 63.2 Å². The van der Waals surface area contributed by atoms with E-state index in [1.165, 1.54) is 17.0 Å². The van der Waals surface area contributed by atoms with Gasteiger partial charge in [-0.15, -0.1) is 6.58 Å². The normalized spacial score (nSPS) is 24.1. The first kappa shape index (κ1) is 36.3. The second-order valence-corrected chi connectivity index (χ2v) is 17.1. The summed E-state index contributed by atoms with van der Waals surface area (Å²) >= 11 is 0. The van der Waals surface area contributed by atoms with Gasteiger partial charge in [-0.3, -0.25) is 19.1 Å². The Morgan fingerprint density at radius 3 is 2.27 bits per heavy atom. The van der Waals surface area contributed by atoms with Crippen LogP contribution in [0.1, 0.15) is 65.7 Å². The number of benzene rings is 2. The van der Waals surface area contributed by atoms with Crippen LogP contribution in [0.4, 0.5) is 14.9 Å². The van der Waals surface area contributed by atoms with Crippen LogP contribution < -0.4 is 20.3 Å². The van der Waals surface area contributed by atoms with Crippen LogP contribution in [0, 0.1) is 17.2 Å². The van der Waals surface area contributed by atoms with E-state index in [1.807, 2.05) is 4.90 Å². The van der Waals surface area contributed by atoms with Crippen molar-refractivity contribution in [3.8, 4) is 11.1 Å². The van der Waals surface area contributed by atoms with Gasteiger partial charge in [-0.2, -0.15) is 0 Å². The van der Waals surface area contributed by atoms with Crippen molar-refractivity contribution in [2.75, 3.05) is 18.1 Å². The summed E-state index contributed by atoms with van der Waals surface area (Å²) in [5.74, 6) is -2.90. The molecule has 1 heterocycles. The van der Waals surface area contributed by atoms with E-state index >= 15 is 0 Å². The van der Waals surface area contributed by atoms with Gasteiger partial charge in [0.2, 0.25) is 21.8 Å². The van der Waals surface area contributed by atoms with Crippen LogP contribution in [0.5, 0.6) is 0 Å². The van der Waals surface area contributed by atoms with E-state index in [0.717, 1.165) is 25.7 Å². The molecule has 6 rings (SSSR count). The molecule has 4 aliphatic rings. The molecule has 0 bridgehead atoms. The first-order chi connectivity index (χ1) is 24.1. The van der Waals surface area contributed by atoms with Gasteiger partial charge in [0.25, 0.3) is 5.91 Å². The fraction of sp³-hybridized carbons (Fsp3) is 0.514. The molecule has 51 heavy (non-hydrogen) atoms. The fourth-order valence-electron chi connectivity index (χ4n) is 6.97. The number of hydrogen-bond acceptors (Lipinski definition) is 8. The van der Waals surface area contributed by atoms with Gasteiger partial charge < -0.3 is 25.2 Å². The van der Waals surface area contributed by atoms with Crippen molar-refractivity contribution in [2.45, 2.75) is 94.7 Å². The number of halogens is 1. The summed E-state index contributed by atoms with van der Waals surface area (Å²) in [6.07, 6.45) is 5.05. The van der Waals surface area contributed by atoms with Crippen molar-refractivity contribution in [3.05, 3.63) is 67.0 Å². The zero-order valence-corrected chi connectivity index (χ0v) is 30.0. The first-order valence-electron chi connectivity index (χ1n) is 17.5. The summed E-state index contributed by atoms with van der Waals surface area (Å²) in [7, 11) is -3.89. The summed E-state index contributed by atoms with van der Waals surface area (Å²) in [6.45, 7) is 9.15. The average molecular weight is 724 g/mol. The topological polar surface area (TPSA) is 154 Å². The molecule has 3 N–H and O–H groups in total. The average Bonchev–Trinajstić information content (AvgIpc) is 3.96. The summed E-state index contributed by atoms with van der Waals surface area (Å²) in [4.78, 5) is 58.3. The van der Waals surface area contributed by atoms with Gasteiger partial charge in [-0.05, 0) is 74.1 Å². The number of sulfonamides is 1. The second kappa shape index (κ2) is 13.9. The number of amides is 4. The summed E-state index contributed by atoms with van der Waals surface area (Å²) < 4.78 is 47.6. The van der Waals surface area contributed by atoms with Crippen LogP contribution in [0.25, 0.3) is 11.1 Å². The molecule has 1 unspecified atom stereocenters. The summed E-state index contributed by atoms with van der Waals surface area (Å²) in [5, 5.41) is 4.91. The minimum absolute atomic E-state index is 0.0246. The Bertz CT molecular complexity index is 1800. The SMILES string of the molecule is C=C[C@@H]1C[C@]1(NC(=O)[C@@H]1CN(c2ccc(-c3ccccc3F)cc2)CN1C(=O)C(NC(=O)OC1CCCC1)C(C)(C)C)C(=O)NS(=O)(=O)C1CC1. The number of ether oxygens (including phenoxy) is 1. The first-order valence-corrected chi connectivity index (χ1v) is 19.1. The molecule has 274 valence electrons. The minimum Gasteiger partial charge on any atom is -0.446 e. The van der Waals surface area contributed by atoms with Gasteiger partial charge in [0.15, 0.2) is 0 Å². The van der Waals surface area contributed by atoms with Crippen LogP contribution in [0.2, 0.25) is 0 Å². The lowest BCUT2D eigenvalue weighted by Crippen LogP contribution is -2.60. The van der Waals surface area contributed by atoms with E-state index in [0.29, 0.717) is 29.7 Å². The van der Waals surface area contributed by atoms with Crippen LogP contribution >= 0.6 is 0 Å². The summed E-state index contributed by atoms with van der Waals surface area (Å²) in [5.41, 5.74) is -0.602. The molecule has 4 atom stereocenters. The number of carbonyl (C=O) groups excluding carboxylic acids is 4. The Balaban J connectivity index is 1.27. The number of anilines is 1. The highest BCUT2D eigenvalue weighted by Gasteiger charge is 2.62. The van der Waals surface area contributed by atoms with Crippen LogP contribution in [0.15, 0.2) is 61.2 Å². The molecule has 12 nitrogen and oxygen atoms in total. The maximum absolute atomic E-state index is 14.5. The lowest BCUT2D eigenvalue weighted by atomic mass is 9.85. The van der Waals surface area contributed by atoms with Gasteiger partial charge in [0, 0.05) is 23.7 Å². The van der Waals surface area contributed by atoms with Gasteiger partial charge in [-0.1, -0.05) is 57.2 Å². The lowest BCUT2D eigenvalue weighted by Gasteiger charge is -2.35. The number of nitrogens with zero attached hydrogens (tertiary/aromatic N) is 2. The zero-order chi connectivity index (χ0) is 36.7. The van der Waals surface area contributed by atoms with Crippen molar-refractivity contribution in [1.82, 2.24) is 20.3 Å². The standard InChI is InChI=1S/C37H46FN5O7S/c1-5-24-20-37(24,34(46)41-51(48,49)27-18-19-27)40-32(44)30-21-42(25-16-14-23(15-17-25)28-12-8-9-13-29(28)38)22-43(30)33(45)31(36(2,3)4)39-35(47)50-26-10-6-7-11-26/h5,8-9,12-17,24,26-27,30-31H,1,6-7,10-11,18-22H2,2-4H3,(H,39,47)(H,40,44)(H,41,46)/t24-,30+,31?,37-/m1/s1. The second-order valence-electron chi connectivity index (χ2n) is 15.2. The smallest absolute Gasteiger partial charge is 0.408 e. The number of carbonyl (C=O) groups is 4. The maximum atomic E-state index is 14.5. The van der Waals surface area contributed by atoms with E-state index in [9.17, 15) is 32.0 Å². The zero-order valence-electron chi connectivity index (χ0n) is 29.2. The van der Waals surface area contributed by atoms with E-state index < -0.39 is 68.0 Å². The Morgan fingerprint density at radius 1 is 1.02 bits per heavy atom. The highest BCUT2D eigenvalue weighted by Crippen LogP contribution is 2.45. The van der Waals surface area contributed by atoms with Crippen LogP contribution in [-0.2, 0) is 29.1 Å². The quantitative estimate of drug-likeness (QED) is 0.292. The highest BCUT2D eigenvalue weighted by molar-refractivity contribution is 7.91. The Labute approximate surface area is 298 Å². The monoisotopic (exact) mass is 723 g/mol. The third-order valence-electron chi connectivity index (χ3n) is 10.3. The summed E-state index contributed by atoms with van der Waals surface area (Å²) in [6, 6.07) is 11.3. The van der Waals surface area contributed by atoms with Crippen molar-refractivity contribution in [3.63, 3.8) is 0 Å². The van der Waals surface area contributed by atoms with Crippen LogP contribution in [0.3, 0.4) is 0 Å². The molecule has 3 aliphatic carbocycles. The van der Waals surface area contributed by atoms with Crippen molar-refractivity contribution in [1.29, 1.82) is 0 Å². The Morgan fingerprint density at radius 2 is 1.69 bits per heavy atom. The van der Waals surface area contributed by atoms with Gasteiger partial charge in [-0.25, -0.2) is 17.6 Å². The predicted octanol–water partition coefficient (Wildman–Crippen LogP) is 4.22. The molecule has 14 heteroatoms. The molecule has 2 aromatic rings. The molecule has 3 saturated carbocycles. The van der Waals surface area contributed by atoms with Crippen LogP contribution in [-0.4, -0.2) is 79.3 Å². The van der Waals surface area contributed by atoms with E-state index in [2.05, 4.69) is 21.9 Å². The number of alkyl carbamates (subject to hydrolysis) is 1. The minimum atomic E-state index is -3.89. The third kappa shape index (κ3) is 7.75. The number of rotatable bonds is 11. The van der Waals surface area contributed by atoms with E-state index in [-0.39, 0.29) is 31.6 Å². The predicted molar refractivity (Wildman–Crippen MR) is 189 cm³/mol. The largest absolute Gasteiger partial charge is 0.446 e. The van der Waals surface area contributed by atoms with E-state index in [4.69, 9.17) is 4.74 Å². The fourth-order valence-corrected chi connectivity index (χ4v) is 8.34. The number of hydrogen-bond donors (Lipinski definition) is 3. The Hall–Kier alpha value is -4.46. The molecular weight excluding hydrogens is 678 g/mol. The molecule has 0 aromatic heterocycles. The number of nitrogens with one attached hydrogen (secondary N) is 3. The molecular formula is C37H46FN5O7S. The molecule has 4 fully saturated rings. The van der Waals surface area contributed by atoms with Gasteiger partial charge >= 0.3 is 6.09 Å².